The predicted octanol–water partition coefficient (Wildman–Crippen LogP) is 4.53. The summed E-state index contributed by atoms with van der Waals surface area (Å²) in [5, 5.41) is 5.21. The summed E-state index contributed by atoms with van der Waals surface area (Å²) in [6.07, 6.45) is -3.25. The highest BCUT2D eigenvalue weighted by molar-refractivity contribution is 7.12. The van der Waals surface area contributed by atoms with E-state index in [-0.39, 0.29) is 11.7 Å². The van der Waals surface area contributed by atoms with Crippen molar-refractivity contribution in [1.82, 2.24) is 14.8 Å². The van der Waals surface area contributed by atoms with Crippen molar-refractivity contribution < 1.29 is 27.1 Å². The molecule has 0 N–H and O–H groups in total. The standard InChI is InChI=1S/C17H13F4N3O2S/c1-2-26-14(25)11-8-22-24(13(11)17(20,21)15(18)19)16-23-12(9-27-16)10-6-4-3-5-7-10/h3-9,15H,2H2,1H3. The van der Waals surface area contributed by atoms with E-state index in [0.29, 0.717) is 10.4 Å². The van der Waals surface area contributed by atoms with Gasteiger partial charge in [0.1, 0.15) is 11.3 Å². The molecule has 10 heteroatoms. The molecule has 0 aliphatic heterocycles. The van der Waals surface area contributed by atoms with Gasteiger partial charge >= 0.3 is 18.3 Å². The lowest BCUT2D eigenvalue weighted by molar-refractivity contribution is -0.139. The van der Waals surface area contributed by atoms with Crippen LogP contribution in [0.3, 0.4) is 0 Å². The summed E-state index contributed by atoms with van der Waals surface area (Å²) in [5.41, 5.74) is -0.779. The maximum atomic E-state index is 14.2. The van der Waals surface area contributed by atoms with E-state index in [1.165, 1.54) is 6.92 Å². The Morgan fingerprint density at radius 3 is 2.63 bits per heavy atom. The Morgan fingerprint density at radius 1 is 1.30 bits per heavy atom. The SMILES string of the molecule is CCOC(=O)c1cnn(-c2nc(-c3ccccc3)cs2)c1C(F)(F)C(F)F. The average molecular weight is 399 g/mol. The van der Waals surface area contributed by atoms with Gasteiger partial charge < -0.3 is 4.74 Å². The van der Waals surface area contributed by atoms with E-state index < -0.39 is 29.6 Å². The van der Waals surface area contributed by atoms with Crippen LogP contribution >= 0.6 is 11.3 Å². The molecule has 2 aromatic heterocycles. The van der Waals surface area contributed by atoms with Crippen molar-refractivity contribution in [1.29, 1.82) is 0 Å². The van der Waals surface area contributed by atoms with Crippen molar-refractivity contribution >= 4 is 17.3 Å². The van der Waals surface area contributed by atoms with Crippen LogP contribution in [-0.4, -0.2) is 33.8 Å². The van der Waals surface area contributed by atoms with Gasteiger partial charge in [-0.15, -0.1) is 11.3 Å². The number of esters is 1. The number of rotatable bonds is 6. The molecule has 0 aliphatic rings. The van der Waals surface area contributed by atoms with Crippen LogP contribution in [0.2, 0.25) is 0 Å². The summed E-state index contributed by atoms with van der Waals surface area (Å²) >= 11 is 0.937. The maximum absolute atomic E-state index is 14.2. The molecule has 3 rings (SSSR count). The second-order valence-electron chi connectivity index (χ2n) is 5.34. The van der Waals surface area contributed by atoms with E-state index in [4.69, 9.17) is 0 Å². The monoisotopic (exact) mass is 399 g/mol. The fourth-order valence-corrected chi connectivity index (χ4v) is 3.17. The number of hydrogen-bond donors (Lipinski definition) is 0. The van der Waals surface area contributed by atoms with Gasteiger partial charge in [0.05, 0.1) is 18.5 Å². The van der Waals surface area contributed by atoms with Gasteiger partial charge in [-0.05, 0) is 6.92 Å². The van der Waals surface area contributed by atoms with Crippen LogP contribution in [0.4, 0.5) is 17.6 Å². The van der Waals surface area contributed by atoms with Crippen molar-refractivity contribution in [2.75, 3.05) is 6.61 Å². The third-order valence-corrected chi connectivity index (χ3v) is 4.41. The van der Waals surface area contributed by atoms with Crippen molar-refractivity contribution in [2.45, 2.75) is 19.3 Å². The molecule has 0 atom stereocenters. The number of aromatic nitrogens is 3. The van der Waals surface area contributed by atoms with Crippen molar-refractivity contribution in [2.24, 2.45) is 0 Å². The first-order chi connectivity index (χ1) is 12.9. The van der Waals surface area contributed by atoms with Crippen LogP contribution in [0.5, 0.6) is 0 Å². The lowest BCUT2D eigenvalue weighted by Gasteiger charge is -2.17. The number of halogens is 4. The van der Waals surface area contributed by atoms with Gasteiger partial charge in [0, 0.05) is 10.9 Å². The van der Waals surface area contributed by atoms with E-state index in [1.54, 1.807) is 35.7 Å². The van der Waals surface area contributed by atoms with Crippen molar-refractivity contribution in [3.05, 3.63) is 53.2 Å². The van der Waals surface area contributed by atoms with Gasteiger partial charge in [-0.3, -0.25) is 0 Å². The Balaban J connectivity index is 2.11. The summed E-state index contributed by atoms with van der Waals surface area (Å²) in [5.74, 6) is -5.77. The molecule has 5 nitrogen and oxygen atoms in total. The molecular formula is C17H13F4N3O2S. The van der Waals surface area contributed by atoms with Crippen molar-refractivity contribution in [3.8, 4) is 16.4 Å². The highest BCUT2D eigenvalue weighted by Gasteiger charge is 2.49. The van der Waals surface area contributed by atoms with Crippen LogP contribution < -0.4 is 0 Å². The summed E-state index contributed by atoms with van der Waals surface area (Å²) in [6, 6.07) is 8.88. The van der Waals surface area contributed by atoms with Gasteiger partial charge in [0.25, 0.3) is 0 Å². The maximum Gasteiger partial charge on any atom is 0.350 e. The molecule has 0 aliphatic carbocycles. The average Bonchev–Trinajstić information content (AvgIpc) is 3.29. The molecule has 0 saturated carbocycles. The minimum Gasteiger partial charge on any atom is -0.462 e. The van der Waals surface area contributed by atoms with Crippen LogP contribution in [0, 0.1) is 0 Å². The lowest BCUT2D eigenvalue weighted by Crippen LogP contribution is -2.29. The Morgan fingerprint density at radius 2 is 2.00 bits per heavy atom. The Labute approximate surface area is 155 Å². The van der Waals surface area contributed by atoms with Crippen molar-refractivity contribution in [3.63, 3.8) is 0 Å². The fourth-order valence-electron chi connectivity index (χ4n) is 2.38. The molecule has 0 radical (unpaired) electrons. The van der Waals surface area contributed by atoms with E-state index in [2.05, 4.69) is 14.8 Å². The van der Waals surface area contributed by atoms with Gasteiger partial charge in [0.15, 0.2) is 0 Å². The van der Waals surface area contributed by atoms with Gasteiger partial charge in [-0.2, -0.15) is 13.9 Å². The molecule has 0 unspecified atom stereocenters. The lowest BCUT2D eigenvalue weighted by atomic mass is 10.1. The molecule has 3 aromatic rings. The Hall–Kier alpha value is -2.75. The normalized spacial score (nSPS) is 11.8. The molecule has 0 saturated heterocycles. The van der Waals surface area contributed by atoms with E-state index in [1.807, 2.05) is 0 Å². The molecular weight excluding hydrogens is 386 g/mol. The van der Waals surface area contributed by atoms with Crippen LogP contribution in [0.15, 0.2) is 41.9 Å². The largest absolute Gasteiger partial charge is 0.462 e. The fraction of sp³-hybridized carbons (Fsp3) is 0.235. The zero-order valence-electron chi connectivity index (χ0n) is 13.9. The molecule has 2 heterocycles. The smallest absolute Gasteiger partial charge is 0.350 e. The number of carbonyl (C=O) groups excluding carboxylic acids is 1. The second kappa shape index (κ2) is 7.47. The number of alkyl halides is 4. The number of ether oxygens (including phenoxy) is 1. The molecule has 0 bridgehead atoms. The van der Waals surface area contributed by atoms with Crippen LogP contribution in [0.25, 0.3) is 16.4 Å². The zero-order valence-corrected chi connectivity index (χ0v) is 14.7. The zero-order chi connectivity index (χ0) is 19.6. The number of hydrogen-bond acceptors (Lipinski definition) is 5. The molecule has 142 valence electrons. The van der Waals surface area contributed by atoms with Gasteiger partial charge in [-0.1, -0.05) is 30.3 Å². The topological polar surface area (TPSA) is 57.0 Å². The number of benzene rings is 1. The summed E-state index contributed by atoms with van der Waals surface area (Å²) in [7, 11) is 0. The minimum atomic E-state index is -4.61. The quantitative estimate of drug-likeness (QED) is 0.451. The van der Waals surface area contributed by atoms with E-state index in [9.17, 15) is 22.4 Å². The molecule has 27 heavy (non-hydrogen) atoms. The highest BCUT2D eigenvalue weighted by atomic mass is 32.1. The number of nitrogens with zero attached hydrogens (tertiary/aromatic N) is 3. The van der Waals surface area contributed by atoms with E-state index >= 15 is 0 Å². The van der Waals surface area contributed by atoms with Gasteiger partial charge in [0.2, 0.25) is 5.13 Å². The number of thiazole rings is 1. The Kier molecular flexibility index (Phi) is 5.26. The first kappa shape index (κ1) is 19.0. The van der Waals surface area contributed by atoms with Gasteiger partial charge in [-0.25, -0.2) is 23.2 Å². The third-order valence-electron chi connectivity index (χ3n) is 3.60. The molecule has 0 fully saturated rings. The first-order valence-corrected chi connectivity index (χ1v) is 8.67. The predicted molar refractivity (Wildman–Crippen MR) is 90.5 cm³/mol. The first-order valence-electron chi connectivity index (χ1n) is 7.79. The van der Waals surface area contributed by atoms with E-state index in [0.717, 1.165) is 23.1 Å². The van der Waals surface area contributed by atoms with Crippen LogP contribution in [-0.2, 0) is 10.7 Å². The summed E-state index contributed by atoms with van der Waals surface area (Å²) in [4.78, 5) is 16.1. The summed E-state index contributed by atoms with van der Waals surface area (Å²) in [6.45, 7) is 1.37. The second-order valence-corrected chi connectivity index (χ2v) is 6.18. The molecule has 0 amide bonds. The Bertz CT molecular complexity index is 941. The third kappa shape index (κ3) is 3.57. The van der Waals surface area contributed by atoms with Crippen LogP contribution in [0.1, 0.15) is 23.0 Å². The summed E-state index contributed by atoms with van der Waals surface area (Å²) < 4.78 is 59.7. The minimum absolute atomic E-state index is 0.0697. The molecule has 0 spiro atoms. The number of carbonyl (C=O) groups is 1. The highest BCUT2D eigenvalue weighted by Crippen LogP contribution is 2.38. The molecule has 1 aromatic carbocycles.